The van der Waals surface area contributed by atoms with E-state index in [1.165, 1.54) is 5.69 Å². The minimum absolute atomic E-state index is 0.254. The van der Waals surface area contributed by atoms with Crippen molar-refractivity contribution in [2.75, 3.05) is 58.5 Å². The quantitative estimate of drug-likeness (QED) is 0.796. The molecule has 0 saturated carbocycles. The van der Waals surface area contributed by atoms with Gasteiger partial charge in [0.2, 0.25) is 0 Å². The molecule has 20 heavy (non-hydrogen) atoms. The number of hydrogen-bond donors (Lipinski definition) is 1. The van der Waals surface area contributed by atoms with Gasteiger partial charge < -0.3 is 19.6 Å². The van der Waals surface area contributed by atoms with E-state index < -0.39 is 0 Å². The number of hydrogen-bond acceptors (Lipinski definition) is 5. The van der Waals surface area contributed by atoms with Gasteiger partial charge in [0.1, 0.15) is 0 Å². The zero-order chi connectivity index (χ0) is 14.4. The second-order valence-corrected chi connectivity index (χ2v) is 5.57. The molecule has 0 radical (unpaired) electrons. The third-order valence-electron chi connectivity index (χ3n) is 4.06. The van der Waals surface area contributed by atoms with E-state index in [4.69, 9.17) is 4.74 Å². The molecule has 5 nitrogen and oxygen atoms in total. The first-order valence-corrected chi connectivity index (χ1v) is 7.18. The van der Waals surface area contributed by atoms with Gasteiger partial charge in [-0.25, -0.2) is 0 Å². The first-order valence-electron chi connectivity index (χ1n) is 7.18. The SMILES string of the molecule is COCCN(C)C[C@@H]1CN(c2ccncc2)C[C@@H]1CO. The third kappa shape index (κ3) is 3.91. The van der Waals surface area contributed by atoms with Crippen LogP contribution < -0.4 is 4.90 Å². The highest BCUT2D eigenvalue weighted by molar-refractivity contribution is 5.45. The Kier molecular flexibility index (Phi) is 5.76. The summed E-state index contributed by atoms with van der Waals surface area (Å²) in [4.78, 5) is 8.69. The predicted molar refractivity (Wildman–Crippen MR) is 79.9 cm³/mol. The number of ether oxygens (including phenoxy) is 1. The lowest BCUT2D eigenvalue weighted by Gasteiger charge is -2.23. The molecule has 1 aromatic rings. The topological polar surface area (TPSA) is 48.8 Å². The van der Waals surface area contributed by atoms with E-state index >= 15 is 0 Å². The van der Waals surface area contributed by atoms with Gasteiger partial charge in [-0.1, -0.05) is 0 Å². The number of aliphatic hydroxyl groups excluding tert-OH is 1. The Morgan fingerprint density at radius 1 is 1.35 bits per heavy atom. The van der Waals surface area contributed by atoms with Gasteiger partial charge >= 0.3 is 0 Å². The average molecular weight is 279 g/mol. The molecule has 1 aliphatic rings. The highest BCUT2D eigenvalue weighted by Crippen LogP contribution is 2.28. The molecule has 2 heterocycles. The molecule has 112 valence electrons. The summed E-state index contributed by atoms with van der Waals surface area (Å²) in [5.74, 6) is 0.836. The Labute approximate surface area is 121 Å². The monoisotopic (exact) mass is 279 g/mol. The molecular formula is C15H25N3O2. The Bertz CT molecular complexity index is 388. The van der Waals surface area contributed by atoms with Crippen molar-refractivity contribution in [1.82, 2.24) is 9.88 Å². The number of rotatable bonds is 7. The van der Waals surface area contributed by atoms with Crippen molar-refractivity contribution in [1.29, 1.82) is 0 Å². The van der Waals surface area contributed by atoms with Gasteiger partial charge in [0.15, 0.2) is 0 Å². The van der Waals surface area contributed by atoms with Crippen LogP contribution >= 0.6 is 0 Å². The molecular weight excluding hydrogens is 254 g/mol. The van der Waals surface area contributed by atoms with E-state index in [0.717, 1.165) is 32.8 Å². The van der Waals surface area contributed by atoms with Crippen LogP contribution in [-0.2, 0) is 4.74 Å². The Morgan fingerprint density at radius 3 is 2.70 bits per heavy atom. The van der Waals surface area contributed by atoms with Crippen LogP contribution in [0.4, 0.5) is 5.69 Å². The maximum atomic E-state index is 9.61. The molecule has 1 aromatic heterocycles. The average Bonchev–Trinajstić information content (AvgIpc) is 2.89. The molecule has 2 atom stereocenters. The summed E-state index contributed by atoms with van der Waals surface area (Å²) in [5.41, 5.74) is 1.19. The van der Waals surface area contributed by atoms with Gasteiger partial charge in [-0.2, -0.15) is 0 Å². The molecule has 0 aliphatic carbocycles. The van der Waals surface area contributed by atoms with E-state index in [1.54, 1.807) is 7.11 Å². The molecule has 0 aromatic carbocycles. The fraction of sp³-hybridized carbons (Fsp3) is 0.667. The second kappa shape index (κ2) is 7.57. The second-order valence-electron chi connectivity index (χ2n) is 5.57. The lowest BCUT2D eigenvalue weighted by molar-refractivity contribution is 0.136. The highest BCUT2D eigenvalue weighted by Gasteiger charge is 2.32. The van der Waals surface area contributed by atoms with Gasteiger partial charge in [-0.15, -0.1) is 0 Å². The van der Waals surface area contributed by atoms with Gasteiger partial charge in [-0.05, 0) is 25.1 Å². The van der Waals surface area contributed by atoms with E-state index in [1.807, 2.05) is 24.5 Å². The summed E-state index contributed by atoms with van der Waals surface area (Å²) in [6, 6.07) is 4.07. The number of pyridine rings is 1. The van der Waals surface area contributed by atoms with E-state index in [9.17, 15) is 5.11 Å². The van der Waals surface area contributed by atoms with Gasteiger partial charge in [0.25, 0.3) is 0 Å². The van der Waals surface area contributed by atoms with Crippen LogP contribution in [0.2, 0.25) is 0 Å². The van der Waals surface area contributed by atoms with Crippen molar-refractivity contribution in [3.05, 3.63) is 24.5 Å². The van der Waals surface area contributed by atoms with E-state index in [0.29, 0.717) is 11.8 Å². The van der Waals surface area contributed by atoms with Crippen molar-refractivity contribution >= 4 is 5.69 Å². The van der Waals surface area contributed by atoms with Crippen molar-refractivity contribution in [2.24, 2.45) is 11.8 Å². The minimum Gasteiger partial charge on any atom is -0.396 e. The van der Waals surface area contributed by atoms with Crippen LogP contribution in [-0.4, -0.2) is 68.5 Å². The molecule has 0 bridgehead atoms. The Balaban J connectivity index is 1.92. The number of aliphatic hydroxyl groups is 1. The van der Waals surface area contributed by atoms with Crippen molar-refractivity contribution in [2.45, 2.75) is 0 Å². The summed E-state index contributed by atoms with van der Waals surface area (Å²) in [6.07, 6.45) is 3.64. The molecule has 2 rings (SSSR count). The zero-order valence-electron chi connectivity index (χ0n) is 12.4. The highest BCUT2D eigenvalue weighted by atomic mass is 16.5. The van der Waals surface area contributed by atoms with E-state index in [2.05, 4.69) is 21.8 Å². The third-order valence-corrected chi connectivity index (χ3v) is 4.06. The minimum atomic E-state index is 0.254. The lowest BCUT2D eigenvalue weighted by Crippen LogP contribution is -2.33. The molecule has 0 unspecified atom stereocenters. The first-order chi connectivity index (χ1) is 9.74. The van der Waals surface area contributed by atoms with Crippen LogP contribution in [0.3, 0.4) is 0 Å². The zero-order valence-corrected chi connectivity index (χ0v) is 12.4. The Hall–Kier alpha value is -1.17. The number of anilines is 1. The molecule has 1 aliphatic heterocycles. The van der Waals surface area contributed by atoms with Crippen LogP contribution in [0, 0.1) is 11.8 Å². The van der Waals surface area contributed by atoms with Crippen molar-refractivity contribution in [3.63, 3.8) is 0 Å². The van der Waals surface area contributed by atoms with E-state index in [-0.39, 0.29) is 6.61 Å². The summed E-state index contributed by atoms with van der Waals surface area (Å²) in [6.45, 7) is 4.85. The standard InChI is InChI=1S/C15H25N3O2/c1-17(7-8-20-2)9-13-10-18(11-14(13)12-19)15-3-5-16-6-4-15/h3-6,13-14,19H,7-12H2,1-2H3/t13-,14-/m1/s1. The van der Waals surface area contributed by atoms with Gasteiger partial charge in [0, 0.05) is 63.9 Å². The molecule has 5 heteroatoms. The summed E-state index contributed by atoms with van der Waals surface area (Å²) < 4.78 is 5.11. The summed E-state index contributed by atoms with van der Waals surface area (Å²) >= 11 is 0. The normalized spacial score (nSPS) is 22.7. The summed E-state index contributed by atoms with van der Waals surface area (Å²) in [7, 11) is 3.84. The fourth-order valence-corrected chi connectivity index (χ4v) is 2.86. The van der Waals surface area contributed by atoms with Crippen molar-refractivity contribution in [3.8, 4) is 0 Å². The Morgan fingerprint density at radius 2 is 2.05 bits per heavy atom. The van der Waals surface area contributed by atoms with Crippen molar-refractivity contribution < 1.29 is 9.84 Å². The lowest BCUT2D eigenvalue weighted by atomic mass is 9.96. The first kappa shape index (κ1) is 15.2. The maximum absolute atomic E-state index is 9.61. The van der Waals surface area contributed by atoms with Crippen LogP contribution in [0.25, 0.3) is 0 Å². The fourth-order valence-electron chi connectivity index (χ4n) is 2.86. The molecule has 1 N–H and O–H groups in total. The number of likely N-dealkylation sites (N-methyl/N-ethyl adjacent to an activating group) is 1. The maximum Gasteiger partial charge on any atom is 0.0589 e. The molecule has 0 amide bonds. The predicted octanol–water partition coefficient (Wildman–Crippen LogP) is 0.704. The molecule has 1 fully saturated rings. The number of aromatic nitrogens is 1. The number of methoxy groups -OCH3 is 1. The van der Waals surface area contributed by atoms with Crippen LogP contribution in [0.5, 0.6) is 0 Å². The largest absolute Gasteiger partial charge is 0.396 e. The summed E-state index contributed by atoms with van der Waals surface area (Å²) in [5, 5.41) is 9.61. The van der Waals surface area contributed by atoms with Gasteiger partial charge in [0.05, 0.1) is 6.61 Å². The molecule has 1 saturated heterocycles. The van der Waals surface area contributed by atoms with Crippen LogP contribution in [0.1, 0.15) is 0 Å². The van der Waals surface area contributed by atoms with Crippen LogP contribution in [0.15, 0.2) is 24.5 Å². The smallest absolute Gasteiger partial charge is 0.0589 e. The van der Waals surface area contributed by atoms with Gasteiger partial charge in [-0.3, -0.25) is 4.98 Å². The number of nitrogens with zero attached hydrogens (tertiary/aromatic N) is 3. The molecule has 0 spiro atoms.